The minimum Gasteiger partial charge on any atom is -0.497 e. The van der Waals surface area contributed by atoms with E-state index in [1.165, 1.54) is 5.57 Å². The number of aliphatic hydroxyl groups excluding tert-OH is 1. The Bertz CT molecular complexity index is 1120. The highest BCUT2D eigenvalue weighted by atomic mass is 28.4. The molecule has 6 nitrogen and oxygen atoms in total. The summed E-state index contributed by atoms with van der Waals surface area (Å²) in [4.78, 5) is 0. The summed E-state index contributed by atoms with van der Waals surface area (Å²) in [5.41, 5.74) is 3.41. The normalized spacial score (nSPS) is 20.0. The van der Waals surface area contributed by atoms with Crippen LogP contribution >= 0.6 is 0 Å². The molecule has 1 aliphatic heterocycles. The molecule has 48 heavy (non-hydrogen) atoms. The van der Waals surface area contributed by atoms with Crippen LogP contribution < -0.4 is 4.74 Å². The van der Waals surface area contributed by atoms with Crippen molar-refractivity contribution >= 4 is 16.6 Å². The molecule has 1 aromatic rings. The van der Waals surface area contributed by atoms with Gasteiger partial charge in [0.2, 0.25) is 0 Å². The van der Waals surface area contributed by atoms with Crippen molar-refractivity contribution in [3.8, 4) is 5.75 Å². The highest BCUT2D eigenvalue weighted by Gasteiger charge is 2.40. The predicted octanol–water partition coefficient (Wildman–Crippen LogP) is 10.6. The Morgan fingerprint density at radius 1 is 0.917 bits per heavy atom. The zero-order chi connectivity index (χ0) is 36.3. The molecule has 0 saturated carbocycles. The van der Waals surface area contributed by atoms with Crippen LogP contribution in [0.2, 0.25) is 36.3 Å². The minimum absolute atomic E-state index is 0.0285. The van der Waals surface area contributed by atoms with E-state index in [2.05, 4.69) is 87.8 Å². The van der Waals surface area contributed by atoms with Crippen LogP contribution in [0.5, 0.6) is 5.75 Å². The maximum Gasteiger partial charge on any atom is 0.192 e. The van der Waals surface area contributed by atoms with Crippen LogP contribution in [0.25, 0.3) is 0 Å². The molecular weight excluding hydrogens is 633 g/mol. The summed E-state index contributed by atoms with van der Waals surface area (Å²) >= 11 is 0. The molecule has 0 aromatic heterocycles. The van der Waals surface area contributed by atoms with Gasteiger partial charge in [-0.05, 0) is 105 Å². The van der Waals surface area contributed by atoms with Crippen LogP contribution in [0, 0.1) is 5.92 Å². The van der Waals surface area contributed by atoms with Crippen molar-refractivity contribution in [2.24, 2.45) is 5.92 Å². The number of aliphatic hydroxyl groups is 1. The Kier molecular flexibility index (Phi) is 16.8. The number of methoxy groups -OCH3 is 1. The van der Waals surface area contributed by atoms with E-state index in [0.29, 0.717) is 32.0 Å². The van der Waals surface area contributed by atoms with Gasteiger partial charge in [0.15, 0.2) is 16.6 Å². The van der Waals surface area contributed by atoms with Crippen molar-refractivity contribution in [3.05, 3.63) is 54.1 Å². The third-order valence-electron chi connectivity index (χ3n) is 11.1. The van der Waals surface area contributed by atoms with Gasteiger partial charge in [0, 0.05) is 25.7 Å². The van der Waals surface area contributed by atoms with Crippen LogP contribution in [0.1, 0.15) is 105 Å². The summed E-state index contributed by atoms with van der Waals surface area (Å²) in [6, 6.07) is 7.95. The van der Waals surface area contributed by atoms with Crippen LogP contribution in [-0.2, 0) is 24.9 Å². The molecule has 8 heteroatoms. The Hall–Kier alpha value is -1.27. The van der Waals surface area contributed by atoms with Gasteiger partial charge in [0.05, 0.1) is 32.0 Å². The molecule has 5 atom stereocenters. The summed E-state index contributed by atoms with van der Waals surface area (Å²) in [6.45, 7) is 36.0. The molecule has 1 saturated heterocycles. The molecule has 1 fully saturated rings. The van der Waals surface area contributed by atoms with E-state index in [1.807, 2.05) is 24.3 Å². The lowest BCUT2D eigenvalue weighted by Crippen LogP contribution is -2.45. The van der Waals surface area contributed by atoms with E-state index in [9.17, 15) is 5.11 Å². The van der Waals surface area contributed by atoms with Gasteiger partial charge in [0.1, 0.15) is 5.75 Å². The molecule has 0 unspecified atom stereocenters. The minimum atomic E-state index is -1.93. The summed E-state index contributed by atoms with van der Waals surface area (Å²) in [7, 11) is -2.07. The van der Waals surface area contributed by atoms with E-state index in [0.717, 1.165) is 62.0 Å². The summed E-state index contributed by atoms with van der Waals surface area (Å²) in [6.07, 6.45) is 6.22. The smallest absolute Gasteiger partial charge is 0.192 e. The van der Waals surface area contributed by atoms with E-state index in [4.69, 9.17) is 23.1 Å². The fourth-order valence-corrected chi connectivity index (χ4v) is 8.06. The van der Waals surface area contributed by atoms with Crippen molar-refractivity contribution in [2.45, 2.75) is 167 Å². The number of benzene rings is 1. The maximum atomic E-state index is 11.1. The average molecular weight is 705 g/mol. The molecule has 0 spiro atoms. The van der Waals surface area contributed by atoms with Gasteiger partial charge >= 0.3 is 0 Å². The first-order chi connectivity index (χ1) is 22.1. The van der Waals surface area contributed by atoms with Crippen molar-refractivity contribution in [1.29, 1.82) is 0 Å². The Labute approximate surface area is 297 Å². The van der Waals surface area contributed by atoms with E-state index >= 15 is 0 Å². The lowest BCUT2D eigenvalue weighted by Gasteiger charge is -2.40. The summed E-state index contributed by atoms with van der Waals surface area (Å²) in [5, 5.41) is 11.5. The fraction of sp³-hybridized carbons (Fsp3) is 0.750. The van der Waals surface area contributed by atoms with Gasteiger partial charge in [0.25, 0.3) is 0 Å². The standard InChI is InChI=1S/C40H72O6Si2/c1-30-25-37(21-23-43-29-33-16-19-35(42-10)20-17-33)45-38(26-30)28-34(41)27-32(3)31(2)15-18-36(46-48(13,14)40(7,8)9)22-24-44-47(11,12)39(4,5)6/h16-17,19-20,31,34,36-38,41H,1,3,15,18,21-29H2,2,4-14H3/t31-,34+,36-,37-,38-/m0/s1. The maximum absolute atomic E-state index is 11.1. The highest BCUT2D eigenvalue weighted by Crippen LogP contribution is 2.40. The molecule has 1 aromatic carbocycles. The molecule has 1 heterocycles. The van der Waals surface area contributed by atoms with E-state index < -0.39 is 22.7 Å². The van der Waals surface area contributed by atoms with Gasteiger partial charge in [-0.1, -0.05) is 84.9 Å². The zero-order valence-electron chi connectivity index (χ0n) is 32.9. The fourth-order valence-electron chi connectivity index (χ4n) is 5.58. The molecule has 276 valence electrons. The van der Waals surface area contributed by atoms with E-state index in [-0.39, 0.29) is 28.4 Å². The highest BCUT2D eigenvalue weighted by molar-refractivity contribution is 6.74. The summed E-state index contributed by atoms with van der Waals surface area (Å²) in [5.74, 6) is 1.14. The lowest BCUT2D eigenvalue weighted by atomic mass is 9.89. The number of hydrogen-bond acceptors (Lipinski definition) is 6. The molecule has 0 bridgehead atoms. The van der Waals surface area contributed by atoms with Gasteiger partial charge in [-0.3, -0.25) is 0 Å². The third kappa shape index (κ3) is 14.5. The van der Waals surface area contributed by atoms with Crippen molar-refractivity contribution in [2.75, 3.05) is 20.3 Å². The Morgan fingerprint density at radius 2 is 1.52 bits per heavy atom. The second-order valence-electron chi connectivity index (χ2n) is 17.4. The molecule has 0 amide bonds. The first-order valence-corrected chi connectivity index (χ1v) is 24.2. The lowest BCUT2D eigenvalue weighted by molar-refractivity contribution is -0.0644. The number of hydrogen-bond donors (Lipinski definition) is 1. The van der Waals surface area contributed by atoms with Crippen LogP contribution in [0.3, 0.4) is 0 Å². The van der Waals surface area contributed by atoms with Gasteiger partial charge in [-0.25, -0.2) is 0 Å². The van der Waals surface area contributed by atoms with Gasteiger partial charge in [-0.2, -0.15) is 0 Å². The largest absolute Gasteiger partial charge is 0.497 e. The van der Waals surface area contributed by atoms with Crippen molar-refractivity contribution < 1.29 is 28.2 Å². The Morgan fingerprint density at radius 3 is 2.10 bits per heavy atom. The first-order valence-electron chi connectivity index (χ1n) is 18.3. The number of ether oxygens (including phenoxy) is 3. The quantitative estimate of drug-likeness (QED) is 0.0828. The van der Waals surface area contributed by atoms with Crippen molar-refractivity contribution in [3.63, 3.8) is 0 Å². The molecule has 1 N–H and O–H groups in total. The molecule has 2 rings (SSSR count). The molecule has 0 aliphatic carbocycles. The van der Waals surface area contributed by atoms with Gasteiger partial charge < -0.3 is 28.2 Å². The monoisotopic (exact) mass is 704 g/mol. The predicted molar refractivity (Wildman–Crippen MR) is 207 cm³/mol. The SMILES string of the molecule is C=C1C[C@H](CCOCc2ccc(OC)cc2)O[C@H](C[C@H](O)CC(=C)[C@@H](C)CC[C@@H](CCO[Si](C)(C)C(C)(C)C)O[Si](C)(C)C(C)(C)C)C1. The van der Waals surface area contributed by atoms with Crippen LogP contribution in [0.15, 0.2) is 48.6 Å². The number of rotatable bonds is 20. The van der Waals surface area contributed by atoms with Gasteiger partial charge in [-0.15, -0.1) is 0 Å². The zero-order valence-corrected chi connectivity index (χ0v) is 34.9. The third-order valence-corrected chi connectivity index (χ3v) is 20.1. The second kappa shape index (κ2) is 18.8. The second-order valence-corrected chi connectivity index (χ2v) is 26.9. The van der Waals surface area contributed by atoms with Crippen molar-refractivity contribution in [1.82, 2.24) is 0 Å². The molecular formula is C40H72O6Si2. The van der Waals surface area contributed by atoms with Crippen LogP contribution in [-0.4, -0.2) is 66.5 Å². The average Bonchev–Trinajstić information content (AvgIpc) is 2.96. The topological polar surface area (TPSA) is 66.4 Å². The Balaban J connectivity index is 1.84. The van der Waals surface area contributed by atoms with Crippen LogP contribution in [0.4, 0.5) is 0 Å². The molecule has 1 aliphatic rings. The summed E-state index contributed by atoms with van der Waals surface area (Å²) < 4.78 is 31.1. The molecule has 0 radical (unpaired) electrons. The first kappa shape index (κ1) is 42.9. The van der Waals surface area contributed by atoms with E-state index in [1.54, 1.807) is 7.11 Å².